The zero-order chi connectivity index (χ0) is 14.0. The number of likely N-dealkylation sites (tertiary alicyclic amines) is 1. The van der Waals surface area contributed by atoms with E-state index < -0.39 is 0 Å². The fourth-order valence-corrected chi connectivity index (χ4v) is 2.50. The van der Waals surface area contributed by atoms with Crippen molar-refractivity contribution in [1.29, 1.82) is 0 Å². The topological polar surface area (TPSA) is 49.4 Å². The Bertz CT molecular complexity index is 361. The van der Waals surface area contributed by atoms with Gasteiger partial charge in [0, 0.05) is 24.5 Å². The second-order valence-corrected chi connectivity index (χ2v) is 6.62. The zero-order valence-electron chi connectivity index (χ0n) is 12.4. The summed E-state index contributed by atoms with van der Waals surface area (Å²) in [5.41, 5.74) is -0.153. The lowest BCUT2D eigenvalue weighted by Gasteiger charge is -2.34. The fraction of sp³-hybridized carbons (Fsp3) is 0.867. The van der Waals surface area contributed by atoms with E-state index >= 15 is 0 Å². The molecule has 1 aliphatic heterocycles. The summed E-state index contributed by atoms with van der Waals surface area (Å²) in [6.45, 7) is 7.60. The van der Waals surface area contributed by atoms with Gasteiger partial charge in [-0.2, -0.15) is 0 Å². The molecule has 1 aliphatic carbocycles. The molecule has 0 aromatic heterocycles. The third kappa shape index (κ3) is 3.71. The normalized spacial score (nSPS) is 24.2. The van der Waals surface area contributed by atoms with Gasteiger partial charge in [-0.05, 0) is 46.0 Å². The molecule has 108 valence electrons. The van der Waals surface area contributed by atoms with Gasteiger partial charge in [-0.25, -0.2) is 0 Å². The van der Waals surface area contributed by atoms with Gasteiger partial charge in [-0.1, -0.05) is 6.92 Å². The SMILES string of the molecule is CCC(C)(C)NC(=O)[C@H]1CCCN(C(=O)C2CC2)C1. The molecule has 19 heavy (non-hydrogen) atoms. The number of hydrogen-bond donors (Lipinski definition) is 1. The van der Waals surface area contributed by atoms with Gasteiger partial charge in [0.15, 0.2) is 0 Å². The van der Waals surface area contributed by atoms with Gasteiger partial charge in [0.05, 0.1) is 5.92 Å². The van der Waals surface area contributed by atoms with Gasteiger partial charge in [0.1, 0.15) is 0 Å². The van der Waals surface area contributed by atoms with Crippen LogP contribution in [0.4, 0.5) is 0 Å². The number of nitrogens with one attached hydrogen (secondary N) is 1. The van der Waals surface area contributed by atoms with Crippen LogP contribution in [0.15, 0.2) is 0 Å². The largest absolute Gasteiger partial charge is 0.351 e. The van der Waals surface area contributed by atoms with Crippen molar-refractivity contribution in [1.82, 2.24) is 10.2 Å². The Morgan fingerprint density at radius 1 is 1.21 bits per heavy atom. The molecule has 1 N–H and O–H groups in total. The monoisotopic (exact) mass is 266 g/mol. The van der Waals surface area contributed by atoms with E-state index in [0.29, 0.717) is 6.54 Å². The van der Waals surface area contributed by atoms with Crippen molar-refractivity contribution in [3.05, 3.63) is 0 Å². The zero-order valence-corrected chi connectivity index (χ0v) is 12.4. The summed E-state index contributed by atoms with van der Waals surface area (Å²) in [6.07, 6.45) is 4.84. The number of nitrogens with zero attached hydrogens (tertiary/aromatic N) is 1. The highest BCUT2D eigenvalue weighted by atomic mass is 16.2. The summed E-state index contributed by atoms with van der Waals surface area (Å²) in [7, 11) is 0. The summed E-state index contributed by atoms with van der Waals surface area (Å²) >= 11 is 0. The molecule has 2 amide bonds. The smallest absolute Gasteiger partial charge is 0.225 e. The lowest BCUT2D eigenvalue weighted by molar-refractivity contribution is -0.137. The average molecular weight is 266 g/mol. The van der Waals surface area contributed by atoms with E-state index in [-0.39, 0.29) is 29.2 Å². The van der Waals surface area contributed by atoms with Gasteiger partial charge in [-0.15, -0.1) is 0 Å². The van der Waals surface area contributed by atoms with Crippen LogP contribution in [-0.4, -0.2) is 35.3 Å². The Morgan fingerprint density at radius 2 is 1.89 bits per heavy atom. The number of carbonyl (C=O) groups excluding carboxylic acids is 2. The first-order valence-corrected chi connectivity index (χ1v) is 7.54. The molecular formula is C15H26N2O2. The minimum absolute atomic E-state index is 0.0257. The Labute approximate surface area is 115 Å². The molecule has 2 fully saturated rings. The molecule has 1 heterocycles. The molecule has 1 atom stereocenters. The number of amides is 2. The van der Waals surface area contributed by atoms with Crippen molar-refractivity contribution in [2.24, 2.45) is 11.8 Å². The lowest BCUT2D eigenvalue weighted by Crippen LogP contribution is -2.50. The minimum atomic E-state index is -0.153. The second kappa shape index (κ2) is 5.51. The predicted molar refractivity (Wildman–Crippen MR) is 74.5 cm³/mol. The highest BCUT2D eigenvalue weighted by Gasteiger charge is 2.37. The molecule has 0 aromatic rings. The maximum Gasteiger partial charge on any atom is 0.225 e. The maximum absolute atomic E-state index is 12.3. The van der Waals surface area contributed by atoms with E-state index in [1.165, 1.54) is 0 Å². The predicted octanol–water partition coefficient (Wildman–Crippen LogP) is 1.94. The summed E-state index contributed by atoms with van der Waals surface area (Å²) in [5.74, 6) is 0.614. The Hall–Kier alpha value is -1.06. The summed E-state index contributed by atoms with van der Waals surface area (Å²) < 4.78 is 0. The maximum atomic E-state index is 12.3. The first kappa shape index (κ1) is 14.4. The molecule has 4 nitrogen and oxygen atoms in total. The van der Waals surface area contributed by atoms with Crippen LogP contribution in [0.25, 0.3) is 0 Å². The minimum Gasteiger partial charge on any atom is -0.351 e. The van der Waals surface area contributed by atoms with Gasteiger partial charge in [0.25, 0.3) is 0 Å². The van der Waals surface area contributed by atoms with Gasteiger partial charge in [0.2, 0.25) is 11.8 Å². The quantitative estimate of drug-likeness (QED) is 0.845. The molecule has 2 aliphatic rings. The van der Waals surface area contributed by atoms with Crippen LogP contribution in [0.5, 0.6) is 0 Å². The molecule has 2 rings (SSSR count). The molecule has 0 unspecified atom stereocenters. The first-order chi connectivity index (χ1) is 8.93. The Morgan fingerprint density at radius 3 is 2.47 bits per heavy atom. The van der Waals surface area contributed by atoms with Crippen LogP contribution >= 0.6 is 0 Å². The van der Waals surface area contributed by atoms with E-state index in [9.17, 15) is 9.59 Å². The molecule has 1 saturated carbocycles. The van der Waals surface area contributed by atoms with Gasteiger partial charge >= 0.3 is 0 Å². The van der Waals surface area contributed by atoms with E-state index in [1.807, 2.05) is 18.7 Å². The van der Waals surface area contributed by atoms with E-state index in [0.717, 1.165) is 38.6 Å². The molecule has 0 spiro atoms. The van der Waals surface area contributed by atoms with Gasteiger partial charge in [-0.3, -0.25) is 9.59 Å². The van der Waals surface area contributed by atoms with E-state index in [4.69, 9.17) is 0 Å². The average Bonchev–Trinajstić information content (AvgIpc) is 3.22. The standard InChI is InChI=1S/C15H26N2O2/c1-4-15(2,3)16-13(18)12-6-5-9-17(10-12)14(19)11-7-8-11/h11-12H,4-10H2,1-3H3,(H,16,18)/t12-/m0/s1. The van der Waals surface area contributed by atoms with Crippen molar-refractivity contribution in [2.45, 2.75) is 58.4 Å². The van der Waals surface area contributed by atoms with Crippen molar-refractivity contribution in [3.63, 3.8) is 0 Å². The first-order valence-electron chi connectivity index (χ1n) is 7.54. The summed E-state index contributed by atoms with van der Waals surface area (Å²) in [6, 6.07) is 0. The molecule has 0 aromatic carbocycles. The number of hydrogen-bond acceptors (Lipinski definition) is 2. The molecule has 1 saturated heterocycles. The van der Waals surface area contributed by atoms with E-state index in [1.54, 1.807) is 0 Å². The van der Waals surface area contributed by atoms with Crippen molar-refractivity contribution < 1.29 is 9.59 Å². The third-order valence-corrected chi connectivity index (χ3v) is 4.38. The molecule has 0 bridgehead atoms. The highest BCUT2D eigenvalue weighted by Crippen LogP contribution is 2.32. The van der Waals surface area contributed by atoms with Gasteiger partial charge < -0.3 is 10.2 Å². The Kier molecular flexibility index (Phi) is 4.16. The van der Waals surface area contributed by atoms with Crippen molar-refractivity contribution >= 4 is 11.8 Å². The van der Waals surface area contributed by atoms with Crippen LogP contribution < -0.4 is 5.32 Å². The lowest BCUT2D eigenvalue weighted by atomic mass is 9.94. The third-order valence-electron chi connectivity index (χ3n) is 4.38. The fourth-order valence-electron chi connectivity index (χ4n) is 2.50. The number of piperidine rings is 1. The number of carbonyl (C=O) groups is 2. The summed E-state index contributed by atoms with van der Waals surface area (Å²) in [4.78, 5) is 26.2. The van der Waals surface area contributed by atoms with Crippen molar-refractivity contribution in [3.8, 4) is 0 Å². The highest BCUT2D eigenvalue weighted by molar-refractivity contribution is 5.83. The number of rotatable bonds is 4. The second-order valence-electron chi connectivity index (χ2n) is 6.62. The molecular weight excluding hydrogens is 240 g/mol. The Balaban J connectivity index is 1.89. The van der Waals surface area contributed by atoms with Crippen LogP contribution in [0, 0.1) is 11.8 Å². The molecule has 4 heteroatoms. The molecule has 0 radical (unpaired) electrons. The van der Waals surface area contributed by atoms with Crippen LogP contribution in [0.3, 0.4) is 0 Å². The van der Waals surface area contributed by atoms with Crippen molar-refractivity contribution in [2.75, 3.05) is 13.1 Å². The van der Waals surface area contributed by atoms with Crippen LogP contribution in [-0.2, 0) is 9.59 Å². The summed E-state index contributed by atoms with van der Waals surface area (Å²) in [5, 5.41) is 3.10. The van der Waals surface area contributed by atoms with E-state index in [2.05, 4.69) is 12.2 Å². The van der Waals surface area contributed by atoms with Crippen LogP contribution in [0.1, 0.15) is 52.9 Å². The van der Waals surface area contributed by atoms with Crippen LogP contribution in [0.2, 0.25) is 0 Å².